The van der Waals surface area contributed by atoms with Gasteiger partial charge in [0.2, 0.25) is 0 Å². The van der Waals surface area contributed by atoms with Crippen LogP contribution in [0, 0.1) is 6.92 Å². The van der Waals surface area contributed by atoms with Gasteiger partial charge in [-0.1, -0.05) is 19.1 Å². The third kappa shape index (κ3) is 6.80. The zero-order chi connectivity index (χ0) is 29.3. The second kappa shape index (κ2) is 10.8. The molecule has 0 aliphatic carbocycles. The van der Waals surface area contributed by atoms with Gasteiger partial charge in [-0.05, 0) is 54.8 Å². The van der Waals surface area contributed by atoms with E-state index in [2.05, 4.69) is 20.5 Å². The van der Waals surface area contributed by atoms with Crippen LogP contribution in [0.2, 0.25) is 0 Å². The number of hydrogen-bond acceptors (Lipinski definition) is 12. The summed E-state index contributed by atoms with van der Waals surface area (Å²) in [5.74, 6) is 0. The molecule has 0 aliphatic rings. The van der Waals surface area contributed by atoms with Crippen molar-refractivity contribution < 1.29 is 38.9 Å². The maximum absolute atomic E-state index is 12.0. The van der Waals surface area contributed by atoms with Gasteiger partial charge in [0.1, 0.15) is 37.4 Å². The first-order chi connectivity index (χ1) is 17.9. The molecule has 0 bridgehead atoms. The number of nitrogens with two attached hydrogens (primary N) is 2. The van der Waals surface area contributed by atoms with Crippen molar-refractivity contribution in [3.8, 4) is 0 Å². The third-order valence-corrected chi connectivity index (χ3v) is 7.88. The minimum atomic E-state index is -4.99. The Balaban J connectivity index is 2.24. The highest BCUT2D eigenvalue weighted by Gasteiger charge is 2.23. The molecule has 0 aromatic heterocycles. The lowest BCUT2D eigenvalue weighted by Gasteiger charge is -2.11. The van der Waals surface area contributed by atoms with Crippen LogP contribution in [-0.2, 0) is 36.8 Å². The summed E-state index contributed by atoms with van der Waals surface area (Å²) in [5.41, 5.74) is 10.1. The standard InChI is InChI=1S/C21H22N6O9S3/c1-3-12-5-7-14(17(9-12)38(31,32)33)24-26-15-10-18(39(34,35)36)20(23)21(19(15)22)27-25-13-6-4-11(2)8-16(13)37(28,29)30/h4-10H,3,22-23H2,1-2H3,(H,28,29,30)(H,31,32,33)(H,34,35,36). The van der Waals surface area contributed by atoms with Crippen molar-refractivity contribution in [3.63, 3.8) is 0 Å². The van der Waals surface area contributed by atoms with Gasteiger partial charge in [0.25, 0.3) is 30.4 Å². The fraction of sp³-hybridized carbons (Fsp3) is 0.143. The van der Waals surface area contributed by atoms with Crippen molar-refractivity contribution in [3.05, 3.63) is 53.6 Å². The van der Waals surface area contributed by atoms with Crippen molar-refractivity contribution in [1.82, 2.24) is 0 Å². The summed E-state index contributed by atoms with van der Waals surface area (Å²) in [4.78, 5) is -2.09. The monoisotopic (exact) mass is 598 g/mol. The second-order valence-corrected chi connectivity index (χ2v) is 12.2. The van der Waals surface area contributed by atoms with E-state index in [1.165, 1.54) is 30.3 Å². The molecule has 0 aliphatic heterocycles. The summed E-state index contributed by atoms with van der Waals surface area (Å²) >= 11 is 0. The average Bonchev–Trinajstić information content (AvgIpc) is 2.82. The van der Waals surface area contributed by atoms with Crippen LogP contribution < -0.4 is 11.5 Å². The number of hydrogen-bond donors (Lipinski definition) is 5. The van der Waals surface area contributed by atoms with E-state index >= 15 is 0 Å². The molecule has 0 amide bonds. The molecule has 0 fully saturated rings. The van der Waals surface area contributed by atoms with Crippen molar-refractivity contribution >= 4 is 64.5 Å². The Hall–Kier alpha value is -3.81. The SMILES string of the molecule is CCc1ccc(N=Nc2cc(S(=O)(=O)O)c(N)c(N=Nc3ccc(C)cc3S(=O)(=O)O)c2N)c(S(=O)(=O)O)c1. The number of azo groups is 2. The number of anilines is 2. The Morgan fingerprint density at radius 2 is 1.13 bits per heavy atom. The molecule has 208 valence electrons. The Kier molecular flexibility index (Phi) is 8.20. The van der Waals surface area contributed by atoms with Gasteiger partial charge in [0, 0.05) is 0 Å². The zero-order valence-electron chi connectivity index (χ0n) is 20.2. The van der Waals surface area contributed by atoms with Crippen LogP contribution in [0.25, 0.3) is 0 Å². The lowest BCUT2D eigenvalue weighted by Crippen LogP contribution is -2.05. The number of nitrogens with zero attached hydrogens (tertiary/aromatic N) is 4. The first-order valence-electron chi connectivity index (χ1n) is 10.6. The molecule has 0 atom stereocenters. The highest BCUT2D eigenvalue weighted by atomic mass is 32.2. The van der Waals surface area contributed by atoms with Gasteiger partial charge in [-0.2, -0.15) is 25.3 Å². The number of aryl methyl sites for hydroxylation is 2. The third-order valence-electron chi connectivity index (χ3n) is 5.22. The maximum Gasteiger partial charge on any atom is 0.296 e. The molecule has 3 aromatic carbocycles. The Bertz CT molecular complexity index is 1850. The van der Waals surface area contributed by atoms with Crippen LogP contribution in [0.1, 0.15) is 18.1 Å². The quantitative estimate of drug-likeness (QED) is 0.139. The largest absolute Gasteiger partial charge is 0.396 e. The summed E-state index contributed by atoms with van der Waals surface area (Å²) < 4.78 is 99.8. The van der Waals surface area contributed by atoms with Crippen molar-refractivity contribution in [1.29, 1.82) is 0 Å². The van der Waals surface area contributed by atoms with E-state index in [-0.39, 0.29) is 11.4 Å². The molecule has 0 saturated carbocycles. The normalized spacial score (nSPS) is 12.9. The summed E-state index contributed by atoms with van der Waals surface area (Å²) in [7, 11) is -14.5. The van der Waals surface area contributed by atoms with E-state index in [0.717, 1.165) is 12.1 Å². The molecule has 0 heterocycles. The topological polar surface area (TPSA) is 265 Å². The number of benzene rings is 3. The smallest absolute Gasteiger partial charge is 0.296 e. The lowest BCUT2D eigenvalue weighted by molar-refractivity contribution is 0.481. The van der Waals surface area contributed by atoms with Crippen LogP contribution in [-0.4, -0.2) is 38.9 Å². The zero-order valence-corrected chi connectivity index (χ0v) is 22.7. The molecule has 0 saturated heterocycles. The van der Waals surface area contributed by atoms with E-state index in [1.54, 1.807) is 13.8 Å². The highest BCUT2D eigenvalue weighted by molar-refractivity contribution is 7.86. The van der Waals surface area contributed by atoms with Crippen LogP contribution in [0.5, 0.6) is 0 Å². The van der Waals surface area contributed by atoms with Crippen LogP contribution in [0.15, 0.2) is 77.6 Å². The molecule has 18 heteroatoms. The Morgan fingerprint density at radius 3 is 1.67 bits per heavy atom. The van der Waals surface area contributed by atoms with E-state index in [0.29, 0.717) is 17.5 Å². The molecule has 0 unspecified atom stereocenters. The lowest BCUT2D eigenvalue weighted by atomic mass is 10.1. The van der Waals surface area contributed by atoms with E-state index in [9.17, 15) is 38.9 Å². The predicted molar refractivity (Wildman–Crippen MR) is 140 cm³/mol. The summed E-state index contributed by atoms with van der Waals surface area (Å²) in [6, 6.07) is 8.46. The summed E-state index contributed by atoms with van der Waals surface area (Å²) in [6.45, 7) is 3.31. The van der Waals surface area contributed by atoms with Crippen molar-refractivity contribution in [2.24, 2.45) is 20.5 Å². The average molecular weight is 599 g/mol. The van der Waals surface area contributed by atoms with E-state index in [4.69, 9.17) is 11.5 Å². The van der Waals surface area contributed by atoms with Crippen molar-refractivity contribution in [2.75, 3.05) is 11.5 Å². The predicted octanol–water partition coefficient (Wildman–Crippen LogP) is 4.29. The van der Waals surface area contributed by atoms with Gasteiger partial charge >= 0.3 is 0 Å². The van der Waals surface area contributed by atoms with Gasteiger partial charge in [0.15, 0.2) is 0 Å². The molecule has 39 heavy (non-hydrogen) atoms. The van der Waals surface area contributed by atoms with Gasteiger partial charge < -0.3 is 11.5 Å². The minimum absolute atomic E-state index is 0.319. The molecular formula is C21H22N6O9S3. The maximum atomic E-state index is 12.0. The molecule has 3 aromatic rings. The van der Waals surface area contributed by atoms with Crippen LogP contribution in [0.3, 0.4) is 0 Å². The molecule has 0 spiro atoms. The summed E-state index contributed by atoms with van der Waals surface area (Å²) in [5, 5.41) is 15.0. The Morgan fingerprint density at radius 1 is 0.641 bits per heavy atom. The van der Waals surface area contributed by atoms with E-state index in [1.807, 2.05) is 0 Å². The van der Waals surface area contributed by atoms with Crippen LogP contribution in [0.4, 0.5) is 34.1 Å². The number of nitrogen functional groups attached to an aromatic ring is 2. The van der Waals surface area contributed by atoms with E-state index < -0.39 is 67.8 Å². The van der Waals surface area contributed by atoms with Crippen molar-refractivity contribution in [2.45, 2.75) is 35.0 Å². The number of rotatable bonds is 8. The fourth-order valence-corrected chi connectivity index (χ4v) is 5.27. The molecule has 0 radical (unpaired) electrons. The van der Waals surface area contributed by atoms with Crippen LogP contribution >= 0.6 is 0 Å². The first kappa shape index (κ1) is 29.7. The minimum Gasteiger partial charge on any atom is -0.396 e. The molecule has 3 rings (SSSR count). The Labute approximate surface area is 223 Å². The summed E-state index contributed by atoms with van der Waals surface area (Å²) in [6.07, 6.45) is 0.442. The van der Waals surface area contributed by atoms with Gasteiger partial charge in [-0.25, -0.2) is 0 Å². The second-order valence-electron chi connectivity index (χ2n) is 8.02. The molecule has 7 N–H and O–H groups in total. The molecule has 15 nitrogen and oxygen atoms in total. The first-order valence-corrected chi connectivity index (χ1v) is 15.0. The highest BCUT2D eigenvalue weighted by Crippen LogP contribution is 2.43. The van der Waals surface area contributed by atoms with Gasteiger partial charge in [-0.3, -0.25) is 13.7 Å². The van der Waals surface area contributed by atoms with Gasteiger partial charge in [0.05, 0.1) is 11.4 Å². The van der Waals surface area contributed by atoms with Gasteiger partial charge in [-0.15, -0.1) is 20.5 Å². The molecular weight excluding hydrogens is 576 g/mol. The fourth-order valence-electron chi connectivity index (χ4n) is 3.26.